The largest absolute Gasteiger partial charge is 0.481 e. The quantitative estimate of drug-likeness (QED) is 0.886. The molecule has 24 heavy (non-hydrogen) atoms. The first-order chi connectivity index (χ1) is 11.7. The number of nitrogens with zero attached hydrogens (tertiary/aromatic N) is 3. The Hall–Kier alpha value is -1.89. The van der Waals surface area contributed by atoms with Crippen LogP contribution in [0.5, 0.6) is 5.88 Å². The van der Waals surface area contributed by atoms with E-state index in [2.05, 4.69) is 20.2 Å². The van der Waals surface area contributed by atoms with Gasteiger partial charge in [0.1, 0.15) is 12.1 Å². The highest BCUT2D eigenvalue weighted by Gasteiger charge is 2.43. The molecule has 1 saturated carbocycles. The van der Waals surface area contributed by atoms with Crippen molar-refractivity contribution in [3.8, 4) is 5.88 Å². The third-order valence-electron chi connectivity index (χ3n) is 5.29. The van der Waals surface area contributed by atoms with Crippen LogP contribution in [0.4, 0.5) is 5.82 Å². The number of nitrogens with one attached hydrogen (secondary N) is 1. The molecule has 130 valence electrons. The molecule has 2 saturated heterocycles. The van der Waals surface area contributed by atoms with E-state index in [1.54, 1.807) is 7.11 Å². The Labute approximate surface area is 141 Å². The summed E-state index contributed by atoms with van der Waals surface area (Å²) in [6.45, 7) is 2.34. The zero-order valence-electron chi connectivity index (χ0n) is 14.0. The molecule has 7 heteroatoms. The van der Waals surface area contributed by atoms with Gasteiger partial charge in [-0.2, -0.15) is 0 Å². The number of ether oxygens (including phenoxy) is 2. The number of rotatable bonds is 4. The van der Waals surface area contributed by atoms with Gasteiger partial charge in [-0.1, -0.05) is 0 Å². The molecule has 0 spiro atoms. The Kier molecular flexibility index (Phi) is 4.26. The van der Waals surface area contributed by atoms with Crippen molar-refractivity contribution < 1.29 is 14.3 Å². The Balaban J connectivity index is 1.49. The molecule has 0 aromatic carbocycles. The van der Waals surface area contributed by atoms with Crippen molar-refractivity contribution in [1.29, 1.82) is 0 Å². The smallest absolute Gasteiger partial charge is 0.223 e. The Morgan fingerprint density at radius 2 is 2.21 bits per heavy atom. The standard InChI is InChI=1S/C17H24N4O3/c1-23-16-8-15(18-10-19-16)21-6-4-14-13(9-21)12(5-7-24-14)17(22)20-11-2-3-11/h8,10-14H,2-7,9H2,1H3,(H,20,22)/t12-,13+,14-/m1/s1. The number of piperidine rings is 1. The molecule has 1 N–H and O–H groups in total. The van der Waals surface area contributed by atoms with E-state index in [0.717, 1.165) is 44.6 Å². The molecule has 0 unspecified atom stereocenters. The second kappa shape index (κ2) is 6.55. The van der Waals surface area contributed by atoms with Crippen molar-refractivity contribution in [1.82, 2.24) is 15.3 Å². The number of hydrogen-bond acceptors (Lipinski definition) is 6. The second-order valence-electron chi connectivity index (χ2n) is 6.90. The van der Waals surface area contributed by atoms with E-state index in [4.69, 9.17) is 9.47 Å². The minimum atomic E-state index is 0.0379. The van der Waals surface area contributed by atoms with Crippen LogP contribution < -0.4 is 15.0 Å². The first-order valence-electron chi connectivity index (χ1n) is 8.77. The highest BCUT2D eigenvalue weighted by atomic mass is 16.5. The van der Waals surface area contributed by atoms with Crippen molar-refractivity contribution in [2.45, 2.75) is 37.8 Å². The summed E-state index contributed by atoms with van der Waals surface area (Å²) in [6, 6.07) is 2.26. The van der Waals surface area contributed by atoms with E-state index in [-0.39, 0.29) is 23.8 Å². The lowest BCUT2D eigenvalue weighted by Crippen LogP contribution is -2.53. The average Bonchev–Trinajstić information content (AvgIpc) is 3.44. The van der Waals surface area contributed by atoms with Gasteiger partial charge in [-0.05, 0) is 25.7 Å². The molecule has 3 aliphatic rings. The molecule has 1 aromatic heterocycles. The SMILES string of the molecule is COc1cc(N2CC[C@H]3OCC[C@@H](C(=O)NC4CC4)[C@@H]3C2)ncn1. The summed E-state index contributed by atoms with van der Waals surface area (Å²) in [5, 5.41) is 3.17. The summed E-state index contributed by atoms with van der Waals surface area (Å²) in [4.78, 5) is 23.3. The Bertz CT molecular complexity index is 607. The lowest BCUT2D eigenvalue weighted by Gasteiger charge is -2.44. The van der Waals surface area contributed by atoms with Crippen molar-refractivity contribution in [3.63, 3.8) is 0 Å². The summed E-state index contributed by atoms with van der Waals surface area (Å²) in [7, 11) is 1.60. The van der Waals surface area contributed by atoms with Gasteiger partial charge in [-0.25, -0.2) is 9.97 Å². The van der Waals surface area contributed by atoms with Gasteiger partial charge in [0, 0.05) is 43.6 Å². The summed E-state index contributed by atoms with van der Waals surface area (Å²) in [6.07, 6.45) is 5.67. The Morgan fingerprint density at radius 3 is 3.00 bits per heavy atom. The van der Waals surface area contributed by atoms with Gasteiger partial charge >= 0.3 is 0 Å². The maximum Gasteiger partial charge on any atom is 0.223 e. The first-order valence-corrected chi connectivity index (χ1v) is 8.77. The molecule has 1 aliphatic carbocycles. The second-order valence-corrected chi connectivity index (χ2v) is 6.90. The summed E-state index contributed by atoms with van der Waals surface area (Å²) in [5.41, 5.74) is 0. The number of fused-ring (bicyclic) bond motifs is 1. The van der Waals surface area contributed by atoms with E-state index in [9.17, 15) is 4.79 Å². The lowest BCUT2D eigenvalue weighted by atomic mass is 9.79. The third-order valence-corrected chi connectivity index (χ3v) is 5.29. The molecular formula is C17H24N4O3. The molecule has 3 heterocycles. The van der Waals surface area contributed by atoms with Crippen LogP contribution in [0.2, 0.25) is 0 Å². The van der Waals surface area contributed by atoms with E-state index < -0.39 is 0 Å². The molecule has 7 nitrogen and oxygen atoms in total. The van der Waals surface area contributed by atoms with Crippen LogP contribution in [0.15, 0.2) is 12.4 Å². The molecule has 2 aliphatic heterocycles. The van der Waals surface area contributed by atoms with Crippen molar-refractivity contribution in [2.75, 3.05) is 31.7 Å². The van der Waals surface area contributed by atoms with Gasteiger partial charge in [-0.15, -0.1) is 0 Å². The van der Waals surface area contributed by atoms with Crippen molar-refractivity contribution in [2.24, 2.45) is 11.8 Å². The van der Waals surface area contributed by atoms with E-state index >= 15 is 0 Å². The zero-order chi connectivity index (χ0) is 16.5. The molecule has 1 amide bonds. The fourth-order valence-corrected chi connectivity index (χ4v) is 3.80. The monoisotopic (exact) mass is 332 g/mol. The highest BCUT2D eigenvalue weighted by molar-refractivity contribution is 5.80. The van der Waals surface area contributed by atoms with Crippen LogP contribution in [0.25, 0.3) is 0 Å². The topological polar surface area (TPSA) is 76.6 Å². The van der Waals surface area contributed by atoms with Gasteiger partial charge in [0.05, 0.1) is 13.2 Å². The van der Waals surface area contributed by atoms with Crippen molar-refractivity contribution in [3.05, 3.63) is 12.4 Å². The summed E-state index contributed by atoms with van der Waals surface area (Å²) in [5.74, 6) is 1.87. The molecule has 3 fully saturated rings. The fraction of sp³-hybridized carbons (Fsp3) is 0.706. The molecule has 0 radical (unpaired) electrons. The van der Waals surface area contributed by atoms with Gasteiger partial charge < -0.3 is 19.7 Å². The van der Waals surface area contributed by atoms with Crippen LogP contribution in [0, 0.1) is 11.8 Å². The van der Waals surface area contributed by atoms with E-state index in [1.807, 2.05) is 6.07 Å². The lowest BCUT2D eigenvalue weighted by molar-refractivity contribution is -0.137. The van der Waals surface area contributed by atoms with Crippen LogP contribution in [-0.2, 0) is 9.53 Å². The number of hydrogen-bond donors (Lipinski definition) is 1. The number of carbonyl (C=O) groups is 1. The molecule has 0 bridgehead atoms. The van der Waals surface area contributed by atoms with Crippen LogP contribution in [-0.4, -0.2) is 54.8 Å². The molecular weight excluding hydrogens is 308 g/mol. The predicted octanol–water partition coefficient (Wildman–Crippen LogP) is 0.995. The van der Waals surface area contributed by atoms with Gasteiger partial charge in [0.2, 0.25) is 11.8 Å². The molecule has 3 atom stereocenters. The number of aromatic nitrogens is 2. The first kappa shape index (κ1) is 15.6. The highest BCUT2D eigenvalue weighted by Crippen LogP contribution is 2.35. The maximum atomic E-state index is 12.6. The maximum absolute atomic E-state index is 12.6. The number of methoxy groups -OCH3 is 1. The van der Waals surface area contributed by atoms with Gasteiger partial charge in [0.15, 0.2) is 0 Å². The fourth-order valence-electron chi connectivity index (χ4n) is 3.80. The minimum absolute atomic E-state index is 0.0379. The third kappa shape index (κ3) is 3.17. The number of carbonyl (C=O) groups excluding carboxylic acids is 1. The van der Waals surface area contributed by atoms with E-state index in [0.29, 0.717) is 18.5 Å². The number of amides is 1. The van der Waals surface area contributed by atoms with E-state index in [1.165, 1.54) is 6.33 Å². The van der Waals surface area contributed by atoms with Crippen LogP contribution >= 0.6 is 0 Å². The van der Waals surface area contributed by atoms with Crippen LogP contribution in [0.1, 0.15) is 25.7 Å². The van der Waals surface area contributed by atoms with Crippen LogP contribution in [0.3, 0.4) is 0 Å². The molecule has 4 rings (SSSR count). The zero-order valence-corrected chi connectivity index (χ0v) is 14.0. The summed E-state index contributed by atoms with van der Waals surface area (Å²) >= 11 is 0. The Morgan fingerprint density at radius 1 is 1.33 bits per heavy atom. The predicted molar refractivity (Wildman–Crippen MR) is 87.9 cm³/mol. The average molecular weight is 332 g/mol. The van der Waals surface area contributed by atoms with Gasteiger partial charge in [0.25, 0.3) is 0 Å². The minimum Gasteiger partial charge on any atom is -0.481 e. The van der Waals surface area contributed by atoms with Gasteiger partial charge in [-0.3, -0.25) is 4.79 Å². The summed E-state index contributed by atoms with van der Waals surface area (Å²) < 4.78 is 11.1. The normalized spacial score (nSPS) is 29.7. The number of anilines is 1. The molecule has 1 aromatic rings. The van der Waals surface area contributed by atoms with Crippen molar-refractivity contribution >= 4 is 11.7 Å².